The minimum Gasteiger partial charge on any atom is -0.405 e. The Labute approximate surface area is 164 Å². The van der Waals surface area contributed by atoms with Crippen molar-refractivity contribution in [3.05, 3.63) is 0 Å². The van der Waals surface area contributed by atoms with Gasteiger partial charge in [-0.2, -0.15) is 0 Å². The van der Waals surface area contributed by atoms with E-state index in [1.54, 1.807) is 0 Å². The Morgan fingerprint density at radius 3 is 1.88 bits per heavy atom. The monoisotopic (exact) mass is 398 g/mol. The molecule has 152 valence electrons. The van der Waals surface area contributed by atoms with E-state index in [4.69, 9.17) is 8.85 Å². The first-order valence-electron chi connectivity index (χ1n) is 10.1. The van der Waals surface area contributed by atoms with Crippen LogP contribution < -0.4 is 0 Å². The number of hydrogen-bond acceptors (Lipinski definition) is 3. The first-order valence-corrected chi connectivity index (χ1v) is 15.5. The fourth-order valence-corrected chi connectivity index (χ4v) is 7.18. The maximum atomic E-state index is 11.9. The molecule has 0 fully saturated rings. The molecule has 0 spiro atoms. The predicted octanol–water partition coefficient (Wildman–Crippen LogP) is 6.16. The van der Waals surface area contributed by atoms with Crippen molar-refractivity contribution in [2.45, 2.75) is 116 Å². The molecule has 0 rings (SSSR count). The maximum Gasteiger partial charge on any atom is 0.193 e. The maximum absolute atomic E-state index is 11.9. The van der Waals surface area contributed by atoms with E-state index in [9.17, 15) is 4.79 Å². The van der Waals surface area contributed by atoms with Crippen LogP contribution in [0.15, 0.2) is 0 Å². The fourth-order valence-electron chi connectivity index (χ4n) is 2.87. The summed E-state index contributed by atoms with van der Waals surface area (Å²) in [5.74, 6) is 6.22. The topological polar surface area (TPSA) is 35.5 Å². The van der Waals surface area contributed by atoms with E-state index in [1.807, 2.05) is 13.8 Å². The molecular formula is C21H42O3Si2. The molecule has 0 bridgehead atoms. The van der Waals surface area contributed by atoms with E-state index in [-0.39, 0.29) is 11.1 Å². The van der Waals surface area contributed by atoms with Crippen molar-refractivity contribution in [2.75, 3.05) is 0 Å². The van der Waals surface area contributed by atoms with E-state index < -0.39 is 22.2 Å². The molecule has 3 nitrogen and oxygen atoms in total. The largest absolute Gasteiger partial charge is 0.405 e. The molecule has 0 aromatic heterocycles. The molecular weight excluding hydrogens is 356 g/mol. The Morgan fingerprint density at radius 2 is 1.54 bits per heavy atom. The van der Waals surface area contributed by atoms with Gasteiger partial charge in [-0.1, -0.05) is 47.5 Å². The van der Waals surface area contributed by atoms with Crippen molar-refractivity contribution in [3.63, 3.8) is 0 Å². The molecule has 0 unspecified atom stereocenters. The second-order valence-electron chi connectivity index (χ2n) is 9.08. The molecule has 0 aliphatic heterocycles. The van der Waals surface area contributed by atoms with E-state index in [1.165, 1.54) is 0 Å². The SMILES string of the molecule is CC#C[C@H](CC[C@](C)(C=O)O[Si](CC)(CC)CC)O[Si](C)(C)C(C)(C)C. The van der Waals surface area contributed by atoms with Gasteiger partial charge in [-0.25, -0.2) is 0 Å². The van der Waals surface area contributed by atoms with Gasteiger partial charge in [0, 0.05) is 0 Å². The number of aldehydes is 1. The van der Waals surface area contributed by atoms with Crippen molar-refractivity contribution in [1.82, 2.24) is 0 Å². The highest BCUT2D eigenvalue weighted by molar-refractivity contribution is 6.74. The van der Waals surface area contributed by atoms with Crippen molar-refractivity contribution >= 4 is 22.9 Å². The van der Waals surface area contributed by atoms with Crippen LogP contribution in [0, 0.1) is 11.8 Å². The van der Waals surface area contributed by atoms with Crippen LogP contribution >= 0.6 is 0 Å². The lowest BCUT2D eigenvalue weighted by Gasteiger charge is -2.40. The minimum atomic E-state index is -1.90. The molecule has 2 atom stereocenters. The van der Waals surface area contributed by atoms with Gasteiger partial charge in [0.15, 0.2) is 16.6 Å². The number of rotatable bonds is 11. The fraction of sp³-hybridized carbons (Fsp3) is 0.857. The van der Waals surface area contributed by atoms with Gasteiger partial charge in [-0.05, 0) is 63.0 Å². The third kappa shape index (κ3) is 7.30. The lowest BCUT2D eigenvalue weighted by Crippen LogP contribution is -2.48. The van der Waals surface area contributed by atoms with Gasteiger partial charge < -0.3 is 13.6 Å². The second-order valence-corrected chi connectivity index (χ2v) is 18.5. The van der Waals surface area contributed by atoms with Crippen LogP contribution in [0.2, 0.25) is 36.3 Å². The zero-order valence-corrected chi connectivity index (χ0v) is 20.9. The van der Waals surface area contributed by atoms with Crippen molar-refractivity contribution in [3.8, 4) is 11.8 Å². The highest BCUT2D eigenvalue weighted by Crippen LogP contribution is 2.38. The van der Waals surface area contributed by atoms with Gasteiger partial charge in [0.05, 0.1) is 0 Å². The lowest BCUT2D eigenvalue weighted by molar-refractivity contribution is -0.121. The first kappa shape index (κ1) is 25.6. The summed E-state index contributed by atoms with van der Waals surface area (Å²) < 4.78 is 13.0. The third-order valence-corrected chi connectivity index (χ3v) is 15.3. The highest BCUT2D eigenvalue weighted by atomic mass is 28.4. The van der Waals surface area contributed by atoms with Crippen LogP contribution in [0.25, 0.3) is 0 Å². The molecule has 0 aliphatic carbocycles. The standard InChI is InChI=1S/C21H42O3Si2/c1-11-15-19(23-25(9,10)20(5,6)7)16-17-21(8,18-22)24-26(12-2,13-3)14-4/h18-19H,12-14,16-17H2,1-10H3/t19-,21-/m1/s1. The van der Waals surface area contributed by atoms with E-state index >= 15 is 0 Å². The summed E-state index contributed by atoms with van der Waals surface area (Å²) in [6.07, 6.45) is 2.24. The average molecular weight is 399 g/mol. The third-order valence-electron chi connectivity index (χ3n) is 6.08. The van der Waals surface area contributed by atoms with Gasteiger partial charge in [0.2, 0.25) is 0 Å². The summed E-state index contributed by atoms with van der Waals surface area (Å²) in [6, 6.07) is 3.13. The van der Waals surface area contributed by atoms with Crippen molar-refractivity contribution in [1.29, 1.82) is 0 Å². The molecule has 0 radical (unpaired) electrons. The number of carbonyl (C=O) groups excluding carboxylic acids is 1. The summed E-state index contributed by atoms with van der Waals surface area (Å²) in [5, 5.41) is 0.139. The summed E-state index contributed by atoms with van der Waals surface area (Å²) in [4.78, 5) is 11.9. The normalized spacial score (nSPS) is 16.4. The Bertz CT molecular complexity index is 487. The van der Waals surface area contributed by atoms with Crippen LogP contribution in [-0.2, 0) is 13.6 Å². The molecule has 0 amide bonds. The molecule has 0 aliphatic rings. The lowest BCUT2D eigenvalue weighted by atomic mass is 10.00. The van der Waals surface area contributed by atoms with Crippen LogP contribution in [0.5, 0.6) is 0 Å². The van der Waals surface area contributed by atoms with Gasteiger partial charge in [-0.3, -0.25) is 0 Å². The summed E-state index contributed by atoms with van der Waals surface area (Å²) in [7, 11) is -3.74. The Balaban J connectivity index is 5.24. The smallest absolute Gasteiger partial charge is 0.193 e. The van der Waals surface area contributed by atoms with Crippen LogP contribution in [0.4, 0.5) is 0 Å². The minimum absolute atomic E-state index is 0.135. The zero-order valence-electron chi connectivity index (χ0n) is 18.9. The first-order chi connectivity index (χ1) is 11.8. The molecule has 0 saturated carbocycles. The molecule has 0 aromatic carbocycles. The van der Waals surface area contributed by atoms with Crippen molar-refractivity contribution < 1.29 is 13.6 Å². The van der Waals surface area contributed by atoms with Crippen LogP contribution in [0.1, 0.15) is 68.2 Å². The highest BCUT2D eigenvalue weighted by Gasteiger charge is 2.41. The molecule has 0 heterocycles. The summed E-state index contributed by atoms with van der Waals surface area (Å²) >= 11 is 0. The van der Waals surface area contributed by atoms with Gasteiger partial charge >= 0.3 is 0 Å². The summed E-state index contributed by atoms with van der Waals surface area (Å²) in [5.41, 5.74) is -0.737. The Hall–Kier alpha value is -0.416. The van der Waals surface area contributed by atoms with Gasteiger partial charge in [0.25, 0.3) is 0 Å². The summed E-state index contributed by atoms with van der Waals surface area (Å²) in [6.45, 7) is 21.6. The van der Waals surface area contributed by atoms with E-state index in [0.717, 1.165) is 30.8 Å². The average Bonchev–Trinajstić information content (AvgIpc) is 2.57. The predicted molar refractivity (Wildman–Crippen MR) is 118 cm³/mol. The van der Waals surface area contributed by atoms with Crippen LogP contribution in [-0.4, -0.2) is 34.6 Å². The van der Waals surface area contributed by atoms with Crippen LogP contribution in [0.3, 0.4) is 0 Å². The number of carbonyl (C=O) groups is 1. The molecule has 5 heteroatoms. The molecule has 0 saturated heterocycles. The number of hydrogen-bond donors (Lipinski definition) is 0. The molecule has 0 aromatic rings. The van der Waals surface area contributed by atoms with Crippen molar-refractivity contribution in [2.24, 2.45) is 0 Å². The second kappa shape index (κ2) is 10.2. The Kier molecular flexibility index (Phi) is 10.1. The van der Waals surface area contributed by atoms with Gasteiger partial charge in [0.1, 0.15) is 18.0 Å². The van der Waals surface area contributed by atoms with E-state index in [2.05, 4.69) is 66.5 Å². The van der Waals surface area contributed by atoms with E-state index in [0.29, 0.717) is 6.42 Å². The Morgan fingerprint density at radius 1 is 1.04 bits per heavy atom. The van der Waals surface area contributed by atoms with Gasteiger partial charge in [-0.15, -0.1) is 5.92 Å². The zero-order chi connectivity index (χ0) is 20.6. The quantitative estimate of drug-likeness (QED) is 0.237. The molecule has 0 N–H and O–H groups in total. The molecule has 26 heavy (non-hydrogen) atoms.